The number of fused-ring (bicyclic) bond motifs is 1. The lowest BCUT2D eigenvalue weighted by molar-refractivity contribution is -0.127. The third-order valence-corrected chi connectivity index (χ3v) is 6.67. The average molecular weight is 412 g/mol. The van der Waals surface area contributed by atoms with Crippen LogP contribution in [0.3, 0.4) is 0 Å². The van der Waals surface area contributed by atoms with Crippen molar-refractivity contribution < 1.29 is 17.9 Å². The van der Waals surface area contributed by atoms with E-state index in [9.17, 15) is 13.2 Å². The van der Waals surface area contributed by atoms with E-state index in [-0.39, 0.29) is 23.5 Å². The van der Waals surface area contributed by atoms with Gasteiger partial charge in [-0.25, -0.2) is 8.42 Å². The van der Waals surface area contributed by atoms with Gasteiger partial charge in [0.2, 0.25) is 0 Å². The molecule has 2 aromatic rings. The summed E-state index contributed by atoms with van der Waals surface area (Å²) in [7, 11) is -3.02. The van der Waals surface area contributed by atoms with E-state index in [4.69, 9.17) is 4.74 Å². The fourth-order valence-electron chi connectivity index (χ4n) is 2.78. The number of sulfone groups is 1. The van der Waals surface area contributed by atoms with Crippen LogP contribution < -0.4 is 10.1 Å². The highest BCUT2D eigenvalue weighted by Gasteiger charge is 2.30. The first kappa shape index (κ1) is 17.2. The van der Waals surface area contributed by atoms with E-state index >= 15 is 0 Å². The Bertz CT molecular complexity index is 881. The third-order valence-electron chi connectivity index (χ3n) is 4.08. The van der Waals surface area contributed by atoms with Crippen molar-refractivity contribution in [3.8, 4) is 5.75 Å². The van der Waals surface area contributed by atoms with Crippen LogP contribution in [0, 0.1) is 0 Å². The maximum Gasteiger partial charge on any atom is 0.261 e. The fraction of sp³-hybridized carbons (Fsp3) is 0.353. The van der Waals surface area contributed by atoms with Gasteiger partial charge in [0.25, 0.3) is 5.91 Å². The number of nitrogens with one attached hydrogen (secondary N) is 1. The molecule has 7 heteroatoms. The van der Waals surface area contributed by atoms with Crippen LogP contribution in [0.25, 0.3) is 10.8 Å². The topological polar surface area (TPSA) is 72.5 Å². The Morgan fingerprint density at radius 3 is 2.75 bits per heavy atom. The highest BCUT2D eigenvalue weighted by atomic mass is 79.9. The molecule has 2 atom stereocenters. The van der Waals surface area contributed by atoms with Crippen molar-refractivity contribution >= 4 is 42.4 Å². The summed E-state index contributed by atoms with van der Waals surface area (Å²) < 4.78 is 29.5. The van der Waals surface area contributed by atoms with Crippen LogP contribution in [0.1, 0.15) is 13.3 Å². The highest BCUT2D eigenvalue weighted by Crippen LogP contribution is 2.33. The fourth-order valence-corrected chi connectivity index (χ4v) is 5.04. The van der Waals surface area contributed by atoms with E-state index in [1.165, 1.54) is 0 Å². The van der Waals surface area contributed by atoms with Crippen molar-refractivity contribution in [1.82, 2.24) is 5.32 Å². The van der Waals surface area contributed by atoms with Gasteiger partial charge >= 0.3 is 0 Å². The van der Waals surface area contributed by atoms with Crippen molar-refractivity contribution in [3.63, 3.8) is 0 Å². The van der Waals surface area contributed by atoms with Crippen molar-refractivity contribution in [1.29, 1.82) is 0 Å². The largest absolute Gasteiger partial charge is 0.480 e. The van der Waals surface area contributed by atoms with E-state index in [1.807, 2.05) is 36.4 Å². The summed E-state index contributed by atoms with van der Waals surface area (Å²) in [6, 6.07) is 11.3. The molecule has 0 aromatic heterocycles. The molecule has 3 rings (SSSR count). The summed E-state index contributed by atoms with van der Waals surface area (Å²) in [6.45, 7) is 1.65. The normalized spacial score (nSPS) is 20.7. The molecule has 1 aliphatic rings. The average Bonchev–Trinajstić information content (AvgIpc) is 2.89. The minimum Gasteiger partial charge on any atom is -0.480 e. The van der Waals surface area contributed by atoms with Gasteiger partial charge in [0.15, 0.2) is 15.9 Å². The van der Waals surface area contributed by atoms with Crippen LogP contribution in [-0.2, 0) is 14.6 Å². The Morgan fingerprint density at radius 1 is 1.29 bits per heavy atom. The van der Waals surface area contributed by atoms with Gasteiger partial charge in [0.1, 0.15) is 5.75 Å². The molecule has 0 radical (unpaired) electrons. The van der Waals surface area contributed by atoms with E-state index in [2.05, 4.69) is 21.2 Å². The number of hydrogen-bond acceptors (Lipinski definition) is 4. The molecule has 1 N–H and O–H groups in total. The molecule has 0 unspecified atom stereocenters. The zero-order valence-electron chi connectivity index (χ0n) is 13.2. The van der Waals surface area contributed by atoms with Crippen LogP contribution in [-0.4, -0.2) is 38.0 Å². The van der Waals surface area contributed by atoms with Crippen LogP contribution in [0.5, 0.6) is 5.75 Å². The maximum absolute atomic E-state index is 12.2. The van der Waals surface area contributed by atoms with Gasteiger partial charge in [-0.3, -0.25) is 4.79 Å². The molecular formula is C17H18BrNO4S. The lowest BCUT2D eigenvalue weighted by Crippen LogP contribution is -2.43. The molecule has 0 spiro atoms. The Morgan fingerprint density at radius 2 is 2.04 bits per heavy atom. The van der Waals surface area contributed by atoms with E-state index in [1.54, 1.807) is 6.92 Å². The second-order valence-corrected chi connectivity index (χ2v) is 8.99. The Labute approximate surface area is 149 Å². The zero-order chi connectivity index (χ0) is 17.3. The van der Waals surface area contributed by atoms with Gasteiger partial charge < -0.3 is 10.1 Å². The predicted octanol–water partition coefficient (Wildman–Crippen LogP) is 2.67. The number of rotatable bonds is 4. The van der Waals surface area contributed by atoms with Gasteiger partial charge in [0.05, 0.1) is 16.0 Å². The maximum atomic E-state index is 12.2. The molecule has 0 aliphatic carbocycles. The molecule has 0 bridgehead atoms. The standard InChI is InChI=1S/C17H18BrNO4S/c1-11(17(20)19-13-8-9-24(21,22)10-13)23-15-7-6-12-4-2-3-5-14(12)16(15)18/h2-7,11,13H,8-10H2,1H3,(H,19,20)/t11-,13-/m1/s1. The molecule has 24 heavy (non-hydrogen) atoms. The van der Waals surface area contributed by atoms with E-state index in [0.717, 1.165) is 15.2 Å². The first-order valence-corrected chi connectivity index (χ1v) is 10.3. The SMILES string of the molecule is C[C@@H](Oc1ccc2ccccc2c1Br)C(=O)N[C@@H]1CCS(=O)(=O)C1. The summed E-state index contributed by atoms with van der Waals surface area (Å²) in [5.41, 5.74) is 0. The summed E-state index contributed by atoms with van der Waals surface area (Å²) in [5, 5.41) is 4.83. The van der Waals surface area contributed by atoms with Crippen LogP contribution in [0.15, 0.2) is 40.9 Å². The number of amides is 1. The monoisotopic (exact) mass is 411 g/mol. The smallest absolute Gasteiger partial charge is 0.261 e. The highest BCUT2D eigenvalue weighted by molar-refractivity contribution is 9.10. The Balaban J connectivity index is 1.69. The lowest BCUT2D eigenvalue weighted by atomic mass is 10.1. The molecule has 128 valence electrons. The summed E-state index contributed by atoms with van der Waals surface area (Å²) in [4.78, 5) is 12.2. The molecule has 2 aromatic carbocycles. The minimum atomic E-state index is -3.02. The van der Waals surface area contributed by atoms with Gasteiger partial charge in [-0.1, -0.05) is 30.3 Å². The molecule has 1 aliphatic heterocycles. The van der Waals surface area contributed by atoms with Crippen LogP contribution >= 0.6 is 15.9 Å². The predicted molar refractivity (Wildman–Crippen MR) is 96.9 cm³/mol. The number of hydrogen-bond donors (Lipinski definition) is 1. The van der Waals surface area contributed by atoms with Gasteiger partial charge in [-0.05, 0) is 46.1 Å². The Hall–Kier alpha value is -1.60. The second kappa shape index (κ2) is 6.72. The van der Waals surface area contributed by atoms with Crippen LogP contribution in [0.4, 0.5) is 0 Å². The summed E-state index contributed by atoms with van der Waals surface area (Å²) in [5.74, 6) is 0.404. The van der Waals surface area contributed by atoms with Gasteiger partial charge in [0, 0.05) is 6.04 Å². The van der Waals surface area contributed by atoms with E-state index in [0.29, 0.717) is 12.2 Å². The zero-order valence-corrected chi connectivity index (χ0v) is 15.6. The first-order chi connectivity index (χ1) is 11.4. The quantitative estimate of drug-likeness (QED) is 0.838. The van der Waals surface area contributed by atoms with Crippen molar-refractivity contribution in [3.05, 3.63) is 40.9 Å². The first-order valence-electron chi connectivity index (χ1n) is 7.70. The number of halogens is 1. The molecule has 1 amide bonds. The summed E-state index contributed by atoms with van der Waals surface area (Å²) in [6.07, 6.45) is -0.258. The van der Waals surface area contributed by atoms with Gasteiger partial charge in [-0.15, -0.1) is 0 Å². The van der Waals surface area contributed by atoms with Crippen LogP contribution in [0.2, 0.25) is 0 Å². The number of ether oxygens (including phenoxy) is 1. The number of carbonyl (C=O) groups is 1. The minimum absolute atomic E-state index is 0.00509. The number of carbonyl (C=O) groups excluding carboxylic acids is 1. The van der Waals surface area contributed by atoms with Gasteiger partial charge in [-0.2, -0.15) is 0 Å². The molecule has 1 saturated heterocycles. The molecule has 0 saturated carbocycles. The molecule has 1 fully saturated rings. The second-order valence-electron chi connectivity index (χ2n) is 5.97. The Kier molecular flexibility index (Phi) is 4.83. The lowest BCUT2D eigenvalue weighted by Gasteiger charge is -2.18. The van der Waals surface area contributed by atoms with Crippen molar-refractivity contribution in [2.45, 2.75) is 25.5 Å². The summed E-state index contributed by atoms with van der Waals surface area (Å²) >= 11 is 3.53. The van der Waals surface area contributed by atoms with Crippen molar-refractivity contribution in [2.75, 3.05) is 11.5 Å². The molecular weight excluding hydrogens is 394 g/mol. The van der Waals surface area contributed by atoms with E-state index < -0.39 is 15.9 Å². The third kappa shape index (κ3) is 3.72. The molecule has 5 nitrogen and oxygen atoms in total. The number of benzene rings is 2. The molecule has 1 heterocycles. The van der Waals surface area contributed by atoms with Crippen molar-refractivity contribution in [2.24, 2.45) is 0 Å².